The summed E-state index contributed by atoms with van der Waals surface area (Å²) in [5, 5.41) is 19.4. The van der Waals surface area contributed by atoms with Gasteiger partial charge in [0.2, 0.25) is 5.91 Å². The summed E-state index contributed by atoms with van der Waals surface area (Å²) in [6.45, 7) is 1.56. The van der Waals surface area contributed by atoms with Crippen molar-refractivity contribution in [2.45, 2.75) is 31.7 Å². The topological polar surface area (TPSA) is 79.7 Å². The summed E-state index contributed by atoms with van der Waals surface area (Å²) in [5.41, 5.74) is 3.11. The predicted octanol–water partition coefficient (Wildman–Crippen LogP) is 2.53. The van der Waals surface area contributed by atoms with Crippen LogP contribution in [0.4, 0.5) is 0 Å². The average Bonchev–Trinajstić information content (AvgIpc) is 3.42. The van der Waals surface area contributed by atoms with Crippen LogP contribution in [-0.2, 0) is 11.2 Å². The van der Waals surface area contributed by atoms with Crippen LogP contribution in [0.3, 0.4) is 0 Å². The van der Waals surface area contributed by atoms with Crippen molar-refractivity contribution in [2.24, 2.45) is 0 Å². The van der Waals surface area contributed by atoms with E-state index in [1.165, 1.54) is 0 Å². The maximum absolute atomic E-state index is 12.4. The van der Waals surface area contributed by atoms with Crippen LogP contribution in [0.25, 0.3) is 11.3 Å². The van der Waals surface area contributed by atoms with Gasteiger partial charge in [-0.25, -0.2) is 4.68 Å². The van der Waals surface area contributed by atoms with Crippen molar-refractivity contribution < 1.29 is 4.79 Å². The van der Waals surface area contributed by atoms with Crippen molar-refractivity contribution in [3.8, 4) is 11.3 Å². The van der Waals surface area contributed by atoms with Gasteiger partial charge in [-0.15, -0.1) is 5.10 Å². The summed E-state index contributed by atoms with van der Waals surface area (Å²) in [6, 6.07) is 2.37. The molecule has 1 saturated heterocycles. The Morgan fingerprint density at radius 1 is 1.36 bits per heavy atom. The van der Waals surface area contributed by atoms with Gasteiger partial charge in [-0.3, -0.25) is 9.89 Å². The van der Waals surface area contributed by atoms with Crippen molar-refractivity contribution in [2.75, 3.05) is 13.1 Å². The fourth-order valence-electron chi connectivity index (χ4n) is 3.20. The first-order valence-corrected chi connectivity index (χ1v) is 9.44. The standard InChI is InChI=1S/C17H20N6OS/c24-17(2-1-13-9-18-19-10-13)22-6-3-15(4-7-22)23-11-16(20-21-23)14-5-8-25-12-14/h5,8-12,15H,1-4,6-7H2,(H,18,19). The summed E-state index contributed by atoms with van der Waals surface area (Å²) < 4.78 is 1.96. The lowest BCUT2D eigenvalue weighted by atomic mass is 10.0. The molecule has 7 nitrogen and oxygen atoms in total. The summed E-state index contributed by atoms with van der Waals surface area (Å²) in [5.74, 6) is 0.220. The molecule has 4 heterocycles. The molecule has 1 fully saturated rings. The number of thiophene rings is 1. The number of piperidine rings is 1. The first-order chi connectivity index (χ1) is 12.3. The molecule has 0 unspecified atom stereocenters. The van der Waals surface area contributed by atoms with Gasteiger partial charge >= 0.3 is 0 Å². The number of hydrogen-bond acceptors (Lipinski definition) is 5. The Morgan fingerprint density at radius 2 is 2.24 bits per heavy atom. The SMILES string of the molecule is O=C(CCc1cn[nH]c1)N1CCC(n2cc(-c3ccsc3)nn2)CC1. The van der Waals surface area contributed by atoms with E-state index in [2.05, 4.69) is 32.0 Å². The number of carbonyl (C=O) groups is 1. The highest BCUT2D eigenvalue weighted by molar-refractivity contribution is 7.08. The molecule has 1 aliphatic rings. The molecule has 0 radical (unpaired) electrons. The van der Waals surface area contributed by atoms with E-state index in [4.69, 9.17) is 0 Å². The number of H-pyrrole nitrogens is 1. The molecule has 130 valence electrons. The third kappa shape index (κ3) is 3.63. The number of amides is 1. The fourth-order valence-corrected chi connectivity index (χ4v) is 3.85. The van der Waals surface area contributed by atoms with Gasteiger partial charge in [0.15, 0.2) is 0 Å². The van der Waals surface area contributed by atoms with Gasteiger partial charge in [0, 0.05) is 36.7 Å². The number of aryl methyl sites for hydroxylation is 1. The van der Waals surface area contributed by atoms with Crippen LogP contribution >= 0.6 is 11.3 Å². The molecule has 0 aromatic carbocycles. The molecule has 0 aliphatic carbocycles. The smallest absolute Gasteiger partial charge is 0.222 e. The molecular formula is C17H20N6OS. The van der Waals surface area contributed by atoms with Gasteiger partial charge in [0.25, 0.3) is 0 Å². The first kappa shape index (κ1) is 16.0. The molecule has 0 spiro atoms. The van der Waals surface area contributed by atoms with Crippen LogP contribution in [0.5, 0.6) is 0 Å². The zero-order valence-corrected chi connectivity index (χ0v) is 14.7. The Bertz CT molecular complexity index is 802. The molecule has 0 saturated carbocycles. The highest BCUT2D eigenvalue weighted by atomic mass is 32.1. The fraction of sp³-hybridized carbons (Fsp3) is 0.412. The lowest BCUT2D eigenvalue weighted by Gasteiger charge is -2.31. The number of carbonyl (C=O) groups excluding carboxylic acids is 1. The van der Waals surface area contributed by atoms with E-state index in [0.717, 1.165) is 49.2 Å². The quantitative estimate of drug-likeness (QED) is 0.762. The van der Waals surface area contributed by atoms with Gasteiger partial charge in [-0.2, -0.15) is 16.4 Å². The monoisotopic (exact) mass is 356 g/mol. The number of nitrogens with zero attached hydrogens (tertiary/aromatic N) is 5. The second-order valence-corrected chi connectivity index (χ2v) is 7.09. The Balaban J connectivity index is 1.30. The number of hydrogen-bond donors (Lipinski definition) is 1. The van der Waals surface area contributed by atoms with Gasteiger partial charge < -0.3 is 4.90 Å². The maximum atomic E-state index is 12.4. The predicted molar refractivity (Wildman–Crippen MR) is 95.1 cm³/mol. The summed E-state index contributed by atoms with van der Waals surface area (Å²) in [4.78, 5) is 14.3. The largest absolute Gasteiger partial charge is 0.343 e. The van der Waals surface area contributed by atoms with Gasteiger partial charge in [-0.05, 0) is 36.3 Å². The molecule has 3 aromatic rings. The number of likely N-dealkylation sites (tertiary alicyclic amines) is 1. The third-order valence-corrected chi connectivity index (χ3v) is 5.38. The average molecular weight is 356 g/mol. The molecule has 25 heavy (non-hydrogen) atoms. The van der Waals surface area contributed by atoms with E-state index in [-0.39, 0.29) is 5.91 Å². The highest BCUT2D eigenvalue weighted by Gasteiger charge is 2.24. The van der Waals surface area contributed by atoms with E-state index < -0.39 is 0 Å². The summed E-state index contributed by atoms with van der Waals surface area (Å²) in [7, 11) is 0. The van der Waals surface area contributed by atoms with Crippen molar-refractivity contribution >= 4 is 17.2 Å². The molecule has 1 aliphatic heterocycles. The van der Waals surface area contributed by atoms with Crippen molar-refractivity contribution in [3.05, 3.63) is 41.0 Å². The molecule has 0 atom stereocenters. The van der Waals surface area contributed by atoms with E-state index in [0.29, 0.717) is 12.5 Å². The summed E-state index contributed by atoms with van der Waals surface area (Å²) >= 11 is 1.66. The molecule has 8 heteroatoms. The van der Waals surface area contributed by atoms with E-state index in [1.807, 2.05) is 27.4 Å². The van der Waals surface area contributed by atoms with Crippen molar-refractivity contribution in [1.82, 2.24) is 30.1 Å². The number of aromatic amines is 1. The molecule has 1 amide bonds. The second kappa shape index (κ2) is 7.18. The lowest BCUT2D eigenvalue weighted by Crippen LogP contribution is -2.39. The van der Waals surface area contributed by atoms with Crippen LogP contribution in [0.2, 0.25) is 0 Å². The maximum Gasteiger partial charge on any atom is 0.222 e. The van der Waals surface area contributed by atoms with E-state index in [1.54, 1.807) is 17.5 Å². The van der Waals surface area contributed by atoms with Crippen LogP contribution in [-0.4, -0.2) is 49.1 Å². The molecular weight excluding hydrogens is 336 g/mol. The molecule has 4 rings (SSSR count). The minimum absolute atomic E-state index is 0.220. The van der Waals surface area contributed by atoms with Gasteiger partial charge in [0.05, 0.1) is 18.4 Å². The third-order valence-electron chi connectivity index (χ3n) is 4.70. The highest BCUT2D eigenvalue weighted by Crippen LogP contribution is 2.25. The molecule has 3 aromatic heterocycles. The number of rotatable bonds is 5. The van der Waals surface area contributed by atoms with E-state index in [9.17, 15) is 4.79 Å². The van der Waals surface area contributed by atoms with Crippen LogP contribution < -0.4 is 0 Å². The lowest BCUT2D eigenvalue weighted by molar-refractivity contribution is -0.132. The first-order valence-electron chi connectivity index (χ1n) is 8.49. The second-order valence-electron chi connectivity index (χ2n) is 6.31. The van der Waals surface area contributed by atoms with E-state index >= 15 is 0 Å². The Hall–Kier alpha value is -2.48. The Morgan fingerprint density at radius 3 is 2.96 bits per heavy atom. The Kier molecular flexibility index (Phi) is 4.60. The normalized spacial score (nSPS) is 15.6. The van der Waals surface area contributed by atoms with Crippen LogP contribution in [0, 0.1) is 0 Å². The zero-order chi connectivity index (χ0) is 17.1. The Labute approximate surface area is 149 Å². The van der Waals surface area contributed by atoms with Crippen molar-refractivity contribution in [3.63, 3.8) is 0 Å². The molecule has 1 N–H and O–H groups in total. The van der Waals surface area contributed by atoms with Gasteiger partial charge in [-0.1, -0.05) is 5.21 Å². The van der Waals surface area contributed by atoms with Crippen LogP contribution in [0.15, 0.2) is 35.4 Å². The van der Waals surface area contributed by atoms with Gasteiger partial charge in [0.1, 0.15) is 5.69 Å². The van der Waals surface area contributed by atoms with Crippen LogP contribution in [0.1, 0.15) is 30.9 Å². The van der Waals surface area contributed by atoms with Crippen molar-refractivity contribution in [1.29, 1.82) is 0 Å². The number of nitrogens with one attached hydrogen (secondary N) is 1. The molecule has 0 bridgehead atoms. The number of aromatic nitrogens is 5. The summed E-state index contributed by atoms with van der Waals surface area (Å²) in [6.07, 6.45) is 8.75. The minimum atomic E-state index is 0.220. The zero-order valence-electron chi connectivity index (χ0n) is 13.8. The minimum Gasteiger partial charge on any atom is -0.343 e.